The van der Waals surface area contributed by atoms with Gasteiger partial charge in [-0.25, -0.2) is 9.97 Å². The van der Waals surface area contributed by atoms with Gasteiger partial charge < -0.3 is 10.1 Å². The summed E-state index contributed by atoms with van der Waals surface area (Å²) in [6, 6.07) is 7.38. The number of aryl methyl sites for hydroxylation is 1. The molecular weight excluding hydrogens is 414 g/mol. The number of amides is 1. The number of aromatic nitrogens is 2. The Bertz CT molecular complexity index is 974. The molecule has 1 aromatic carbocycles. The molecule has 28 heavy (non-hydrogen) atoms. The Labute approximate surface area is 177 Å². The van der Waals surface area contributed by atoms with Crippen LogP contribution in [0.2, 0.25) is 5.02 Å². The lowest BCUT2D eigenvalue weighted by atomic mass is 10.2. The van der Waals surface area contributed by atoms with Crippen LogP contribution in [0.3, 0.4) is 0 Å². The molecule has 0 fully saturated rings. The second-order valence-corrected chi connectivity index (χ2v) is 8.85. The minimum Gasteiger partial charge on any atom is -0.491 e. The van der Waals surface area contributed by atoms with Crippen LogP contribution in [0.25, 0.3) is 11.4 Å². The fourth-order valence-electron chi connectivity index (χ4n) is 2.59. The summed E-state index contributed by atoms with van der Waals surface area (Å²) in [6.07, 6.45) is 3.28. The first kappa shape index (κ1) is 20.6. The standard InChI is InChI=1S/C20H20ClN3O2S2/c1-4-26-15-10-22-19(23-11-15)17-9-18(28-12(17)3)20(25)24-14-6-13(21)7-16(8-14)27-5-2/h6-11H,4-5H2,1-3H3,(H,24,25). The molecule has 0 saturated carbocycles. The van der Waals surface area contributed by atoms with E-state index in [4.69, 9.17) is 16.3 Å². The first-order valence-electron chi connectivity index (χ1n) is 8.80. The zero-order valence-electron chi connectivity index (χ0n) is 15.8. The number of hydrogen-bond donors (Lipinski definition) is 1. The summed E-state index contributed by atoms with van der Waals surface area (Å²) in [7, 11) is 0. The van der Waals surface area contributed by atoms with Gasteiger partial charge in [0.15, 0.2) is 11.6 Å². The quantitative estimate of drug-likeness (QED) is 0.468. The van der Waals surface area contributed by atoms with Crippen molar-refractivity contribution in [2.75, 3.05) is 17.7 Å². The minimum atomic E-state index is -0.181. The zero-order valence-corrected chi connectivity index (χ0v) is 18.2. The summed E-state index contributed by atoms with van der Waals surface area (Å²) in [5.74, 6) is 1.95. The van der Waals surface area contributed by atoms with Gasteiger partial charge in [-0.05, 0) is 43.9 Å². The molecule has 0 aliphatic carbocycles. The van der Waals surface area contributed by atoms with Gasteiger partial charge in [0, 0.05) is 26.0 Å². The first-order chi connectivity index (χ1) is 13.5. The molecule has 0 saturated heterocycles. The number of rotatable bonds is 7. The summed E-state index contributed by atoms with van der Waals surface area (Å²) in [4.78, 5) is 24.0. The highest BCUT2D eigenvalue weighted by atomic mass is 35.5. The average Bonchev–Trinajstić information content (AvgIpc) is 3.04. The van der Waals surface area contributed by atoms with Gasteiger partial charge in [0.25, 0.3) is 5.91 Å². The van der Waals surface area contributed by atoms with Gasteiger partial charge in [-0.15, -0.1) is 23.1 Å². The second-order valence-electron chi connectivity index (χ2n) is 5.82. The molecule has 2 aromatic heterocycles. The maximum absolute atomic E-state index is 12.7. The van der Waals surface area contributed by atoms with Gasteiger partial charge in [0.1, 0.15) is 0 Å². The molecule has 0 spiro atoms. The molecule has 0 aliphatic heterocycles. The molecule has 3 aromatic rings. The van der Waals surface area contributed by atoms with Gasteiger partial charge in [-0.2, -0.15) is 0 Å². The fraction of sp³-hybridized carbons (Fsp3) is 0.250. The van der Waals surface area contributed by atoms with Crippen LogP contribution in [0.5, 0.6) is 5.75 Å². The van der Waals surface area contributed by atoms with E-state index < -0.39 is 0 Å². The van der Waals surface area contributed by atoms with Crippen molar-refractivity contribution in [3.8, 4) is 17.1 Å². The smallest absolute Gasteiger partial charge is 0.265 e. The van der Waals surface area contributed by atoms with Crippen molar-refractivity contribution >= 4 is 46.3 Å². The predicted molar refractivity (Wildman–Crippen MR) is 117 cm³/mol. The Morgan fingerprint density at radius 2 is 1.96 bits per heavy atom. The van der Waals surface area contributed by atoms with Crippen LogP contribution >= 0.6 is 34.7 Å². The minimum absolute atomic E-state index is 0.181. The molecule has 1 N–H and O–H groups in total. The van der Waals surface area contributed by atoms with Crippen LogP contribution in [0.1, 0.15) is 28.4 Å². The number of thiophene rings is 1. The lowest BCUT2D eigenvalue weighted by molar-refractivity contribution is 0.103. The Morgan fingerprint density at radius 3 is 2.64 bits per heavy atom. The van der Waals surface area contributed by atoms with E-state index in [0.717, 1.165) is 21.1 Å². The Kier molecular flexibility index (Phi) is 6.93. The number of nitrogens with one attached hydrogen (secondary N) is 1. The van der Waals surface area contributed by atoms with E-state index in [1.165, 1.54) is 11.3 Å². The number of carbonyl (C=O) groups is 1. The summed E-state index contributed by atoms with van der Waals surface area (Å²) >= 11 is 9.25. The number of thioether (sulfide) groups is 1. The van der Waals surface area contributed by atoms with E-state index in [-0.39, 0.29) is 5.91 Å². The van der Waals surface area contributed by atoms with Crippen molar-refractivity contribution in [1.29, 1.82) is 0 Å². The summed E-state index contributed by atoms with van der Waals surface area (Å²) in [6.45, 7) is 6.49. The first-order valence-corrected chi connectivity index (χ1v) is 11.0. The zero-order chi connectivity index (χ0) is 20.1. The summed E-state index contributed by atoms with van der Waals surface area (Å²) < 4.78 is 5.37. The fourth-order valence-corrected chi connectivity index (χ4v) is 4.55. The lowest BCUT2D eigenvalue weighted by Crippen LogP contribution is -2.10. The van der Waals surface area contributed by atoms with E-state index in [1.807, 2.05) is 32.0 Å². The number of nitrogens with zero attached hydrogens (tertiary/aromatic N) is 2. The third kappa shape index (κ3) is 5.04. The molecule has 2 heterocycles. The van der Waals surface area contributed by atoms with Gasteiger partial charge in [0.2, 0.25) is 0 Å². The van der Waals surface area contributed by atoms with Crippen LogP contribution in [0, 0.1) is 6.92 Å². The highest BCUT2D eigenvalue weighted by molar-refractivity contribution is 7.99. The monoisotopic (exact) mass is 433 g/mol. The molecule has 8 heteroatoms. The van der Waals surface area contributed by atoms with Crippen LogP contribution in [-0.4, -0.2) is 28.2 Å². The molecule has 5 nitrogen and oxygen atoms in total. The van der Waals surface area contributed by atoms with Crippen LogP contribution < -0.4 is 10.1 Å². The molecule has 0 aliphatic rings. The molecule has 146 valence electrons. The van der Waals surface area contributed by atoms with Crippen LogP contribution in [-0.2, 0) is 0 Å². The second kappa shape index (κ2) is 9.41. The van der Waals surface area contributed by atoms with Gasteiger partial charge in [-0.1, -0.05) is 18.5 Å². The average molecular weight is 434 g/mol. The van der Waals surface area contributed by atoms with Gasteiger partial charge >= 0.3 is 0 Å². The van der Waals surface area contributed by atoms with Gasteiger partial charge in [-0.3, -0.25) is 4.79 Å². The SMILES string of the molecule is CCOc1cnc(-c2cc(C(=O)Nc3cc(Cl)cc(SCC)c3)sc2C)nc1. The van der Waals surface area contributed by atoms with E-state index in [2.05, 4.69) is 22.2 Å². The number of carbonyl (C=O) groups excluding carboxylic acids is 1. The Balaban J connectivity index is 1.79. The topological polar surface area (TPSA) is 64.1 Å². The number of ether oxygens (including phenoxy) is 1. The van der Waals surface area contributed by atoms with Crippen LogP contribution in [0.15, 0.2) is 41.6 Å². The summed E-state index contributed by atoms with van der Waals surface area (Å²) in [5.41, 5.74) is 1.52. The van der Waals surface area contributed by atoms with Crippen molar-refractivity contribution < 1.29 is 9.53 Å². The normalized spacial score (nSPS) is 10.7. The van der Waals surface area contributed by atoms with Crippen molar-refractivity contribution in [1.82, 2.24) is 9.97 Å². The maximum atomic E-state index is 12.7. The van der Waals surface area contributed by atoms with Crippen molar-refractivity contribution in [2.45, 2.75) is 25.7 Å². The molecule has 0 bridgehead atoms. The molecule has 0 unspecified atom stereocenters. The van der Waals surface area contributed by atoms with E-state index in [0.29, 0.717) is 33.8 Å². The van der Waals surface area contributed by atoms with E-state index in [1.54, 1.807) is 30.2 Å². The number of benzene rings is 1. The Morgan fingerprint density at radius 1 is 1.21 bits per heavy atom. The largest absolute Gasteiger partial charge is 0.491 e. The highest BCUT2D eigenvalue weighted by Gasteiger charge is 2.16. The molecular formula is C20H20ClN3O2S2. The number of hydrogen-bond acceptors (Lipinski definition) is 6. The van der Waals surface area contributed by atoms with Crippen molar-refractivity contribution in [3.05, 3.63) is 51.4 Å². The maximum Gasteiger partial charge on any atom is 0.265 e. The predicted octanol–water partition coefficient (Wildman–Crippen LogP) is 5.93. The van der Waals surface area contributed by atoms with Crippen LogP contribution in [0.4, 0.5) is 5.69 Å². The van der Waals surface area contributed by atoms with Crippen molar-refractivity contribution in [3.63, 3.8) is 0 Å². The van der Waals surface area contributed by atoms with E-state index in [9.17, 15) is 4.79 Å². The third-order valence-electron chi connectivity index (χ3n) is 3.76. The molecule has 0 atom stereocenters. The Hall–Kier alpha value is -2.09. The van der Waals surface area contributed by atoms with E-state index >= 15 is 0 Å². The summed E-state index contributed by atoms with van der Waals surface area (Å²) in [5, 5.41) is 3.53. The molecule has 3 rings (SSSR count). The number of halogens is 1. The lowest BCUT2D eigenvalue weighted by Gasteiger charge is -2.07. The molecule has 0 radical (unpaired) electrons. The third-order valence-corrected chi connectivity index (χ3v) is 5.89. The number of anilines is 1. The molecule has 1 amide bonds. The van der Waals surface area contributed by atoms with Gasteiger partial charge in [0.05, 0.1) is 23.9 Å². The highest BCUT2D eigenvalue weighted by Crippen LogP contribution is 2.31. The van der Waals surface area contributed by atoms with Crippen molar-refractivity contribution in [2.24, 2.45) is 0 Å².